The van der Waals surface area contributed by atoms with Crippen LogP contribution in [0.5, 0.6) is 0 Å². The van der Waals surface area contributed by atoms with Gasteiger partial charge in [0.1, 0.15) is 5.82 Å². The van der Waals surface area contributed by atoms with E-state index in [4.69, 9.17) is 5.73 Å². The second kappa shape index (κ2) is 6.71. The maximum absolute atomic E-state index is 14.0. The number of rotatable bonds is 5. The van der Waals surface area contributed by atoms with Gasteiger partial charge in [-0.05, 0) is 42.3 Å². The minimum Gasteiger partial charge on any atom is -0.324 e. The number of hydrogen-bond donors (Lipinski definition) is 1. The van der Waals surface area contributed by atoms with Crippen molar-refractivity contribution in [3.05, 3.63) is 51.0 Å². The first-order valence-corrected chi connectivity index (χ1v) is 8.02. The Balaban J connectivity index is 2.33. The second-order valence-corrected chi connectivity index (χ2v) is 6.01. The van der Waals surface area contributed by atoms with Crippen LogP contribution in [0.15, 0.2) is 22.7 Å². The zero-order chi connectivity index (χ0) is 15.6. The molecule has 21 heavy (non-hydrogen) atoms. The monoisotopic (exact) mass is 353 g/mol. The molecule has 2 N–H and O–H groups in total. The van der Waals surface area contributed by atoms with Crippen LogP contribution in [0.1, 0.15) is 42.4 Å². The van der Waals surface area contributed by atoms with Gasteiger partial charge in [0, 0.05) is 24.6 Å². The molecule has 0 saturated heterocycles. The van der Waals surface area contributed by atoms with Crippen LogP contribution in [0, 0.1) is 12.7 Å². The molecule has 0 amide bonds. The highest BCUT2D eigenvalue weighted by Gasteiger charge is 2.19. The maximum Gasteiger partial charge on any atom is 0.128 e. The Labute approximate surface area is 133 Å². The summed E-state index contributed by atoms with van der Waals surface area (Å²) in [4.78, 5) is 0. The van der Waals surface area contributed by atoms with Gasteiger partial charge in [-0.2, -0.15) is 5.10 Å². The average Bonchev–Trinajstić information content (AvgIpc) is 2.77. The summed E-state index contributed by atoms with van der Waals surface area (Å²) >= 11 is 3.60. The van der Waals surface area contributed by atoms with Crippen LogP contribution in [0.25, 0.3) is 0 Å². The van der Waals surface area contributed by atoms with Gasteiger partial charge in [0.05, 0.1) is 15.9 Å². The van der Waals surface area contributed by atoms with Crippen molar-refractivity contribution >= 4 is 15.9 Å². The predicted molar refractivity (Wildman–Crippen MR) is 86.7 cm³/mol. The lowest BCUT2D eigenvalue weighted by atomic mass is 10.00. The van der Waals surface area contributed by atoms with E-state index in [1.165, 1.54) is 6.07 Å². The van der Waals surface area contributed by atoms with Gasteiger partial charge in [0.25, 0.3) is 0 Å². The van der Waals surface area contributed by atoms with Crippen molar-refractivity contribution in [2.75, 3.05) is 0 Å². The summed E-state index contributed by atoms with van der Waals surface area (Å²) in [7, 11) is 0. The first kappa shape index (κ1) is 16.2. The third kappa shape index (κ3) is 3.35. The third-order valence-electron chi connectivity index (χ3n) is 3.66. The molecule has 0 radical (unpaired) electrons. The molecule has 2 rings (SSSR count). The summed E-state index contributed by atoms with van der Waals surface area (Å²) in [5.74, 6) is -0.248. The molecule has 5 heteroatoms. The molecule has 0 aliphatic rings. The highest BCUT2D eigenvalue weighted by Crippen LogP contribution is 2.27. The van der Waals surface area contributed by atoms with Gasteiger partial charge >= 0.3 is 0 Å². The van der Waals surface area contributed by atoms with Crippen molar-refractivity contribution in [1.82, 2.24) is 9.78 Å². The summed E-state index contributed by atoms with van der Waals surface area (Å²) in [5.41, 5.74) is 9.86. The third-order valence-corrected chi connectivity index (χ3v) is 4.57. The Morgan fingerprint density at radius 3 is 2.71 bits per heavy atom. The van der Waals surface area contributed by atoms with Gasteiger partial charge in [0.2, 0.25) is 0 Å². The van der Waals surface area contributed by atoms with Crippen molar-refractivity contribution in [1.29, 1.82) is 0 Å². The Bertz CT molecular complexity index is 637. The molecule has 1 aromatic carbocycles. The lowest BCUT2D eigenvalue weighted by Gasteiger charge is -2.15. The molecule has 0 fully saturated rings. The SMILES string of the molecule is CCc1nn(CC)c(CC(N)c2cc(C)ccc2F)c1Br. The molecule has 0 aliphatic carbocycles. The molecule has 114 valence electrons. The van der Waals surface area contributed by atoms with Crippen molar-refractivity contribution in [3.8, 4) is 0 Å². The maximum atomic E-state index is 14.0. The van der Waals surface area contributed by atoms with Crippen molar-refractivity contribution in [2.45, 2.75) is 46.2 Å². The second-order valence-electron chi connectivity index (χ2n) is 5.21. The first-order valence-electron chi connectivity index (χ1n) is 7.23. The number of aromatic nitrogens is 2. The Morgan fingerprint density at radius 2 is 2.10 bits per heavy atom. The van der Waals surface area contributed by atoms with Crippen LogP contribution < -0.4 is 5.73 Å². The summed E-state index contributed by atoms with van der Waals surface area (Å²) < 4.78 is 16.9. The van der Waals surface area contributed by atoms with E-state index in [-0.39, 0.29) is 11.9 Å². The number of nitrogens with two attached hydrogens (primary N) is 1. The van der Waals surface area contributed by atoms with E-state index < -0.39 is 0 Å². The van der Waals surface area contributed by atoms with E-state index >= 15 is 0 Å². The smallest absolute Gasteiger partial charge is 0.128 e. The summed E-state index contributed by atoms with van der Waals surface area (Å²) in [5, 5.41) is 4.55. The van der Waals surface area contributed by atoms with E-state index in [2.05, 4.69) is 28.0 Å². The first-order chi connectivity index (χ1) is 9.97. The van der Waals surface area contributed by atoms with E-state index in [9.17, 15) is 4.39 Å². The molecular formula is C16H21BrFN3. The molecule has 0 saturated carbocycles. The fourth-order valence-electron chi connectivity index (χ4n) is 2.48. The zero-order valence-electron chi connectivity index (χ0n) is 12.7. The number of benzene rings is 1. The van der Waals surface area contributed by atoms with Gasteiger partial charge in [-0.25, -0.2) is 4.39 Å². The van der Waals surface area contributed by atoms with Crippen LogP contribution in [-0.4, -0.2) is 9.78 Å². The lowest BCUT2D eigenvalue weighted by Crippen LogP contribution is -2.18. The number of aryl methyl sites for hydroxylation is 3. The topological polar surface area (TPSA) is 43.8 Å². The minimum atomic E-state index is -0.382. The molecule has 1 unspecified atom stereocenters. The van der Waals surface area contributed by atoms with Gasteiger partial charge < -0.3 is 5.73 Å². The highest BCUT2D eigenvalue weighted by molar-refractivity contribution is 9.10. The summed E-state index contributed by atoms with van der Waals surface area (Å²) in [6.07, 6.45) is 1.41. The molecule has 1 aromatic heterocycles. The molecular weight excluding hydrogens is 333 g/mol. The van der Waals surface area contributed by atoms with Gasteiger partial charge in [-0.15, -0.1) is 0 Å². The number of halogens is 2. The molecule has 3 nitrogen and oxygen atoms in total. The van der Waals surface area contributed by atoms with Crippen LogP contribution in [0.4, 0.5) is 4.39 Å². The van der Waals surface area contributed by atoms with Crippen molar-refractivity contribution < 1.29 is 4.39 Å². The van der Waals surface area contributed by atoms with Crippen molar-refractivity contribution in [2.24, 2.45) is 5.73 Å². The van der Waals surface area contributed by atoms with Crippen LogP contribution in [0.3, 0.4) is 0 Å². The lowest BCUT2D eigenvalue weighted by molar-refractivity contribution is 0.554. The Hall–Kier alpha value is -1.20. The Kier molecular flexibility index (Phi) is 5.17. The standard InChI is InChI=1S/C16H21BrFN3/c1-4-14-16(17)15(21(5-2)20-14)9-13(19)11-8-10(3)6-7-12(11)18/h6-8,13H,4-5,9,19H2,1-3H3. The van der Waals surface area contributed by atoms with Crippen LogP contribution in [-0.2, 0) is 19.4 Å². The number of hydrogen-bond acceptors (Lipinski definition) is 2. The van der Waals surface area contributed by atoms with Crippen molar-refractivity contribution in [3.63, 3.8) is 0 Å². The van der Waals surface area contributed by atoms with Crippen LogP contribution in [0.2, 0.25) is 0 Å². The van der Waals surface area contributed by atoms with Crippen LogP contribution >= 0.6 is 15.9 Å². The van der Waals surface area contributed by atoms with E-state index in [0.29, 0.717) is 12.0 Å². The minimum absolute atomic E-state index is 0.248. The molecule has 0 bridgehead atoms. The molecule has 1 atom stereocenters. The predicted octanol–water partition coefficient (Wildman–Crippen LogP) is 3.92. The average molecular weight is 354 g/mol. The van der Waals surface area contributed by atoms with E-state index in [1.807, 2.05) is 24.6 Å². The largest absolute Gasteiger partial charge is 0.324 e. The fraction of sp³-hybridized carbons (Fsp3) is 0.438. The summed E-state index contributed by atoms with van der Waals surface area (Å²) in [6.45, 7) is 6.83. The van der Waals surface area contributed by atoms with Gasteiger partial charge in [0.15, 0.2) is 0 Å². The van der Waals surface area contributed by atoms with Gasteiger partial charge in [-0.1, -0.05) is 24.6 Å². The normalized spacial score (nSPS) is 12.7. The van der Waals surface area contributed by atoms with Gasteiger partial charge in [-0.3, -0.25) is 4.68 Å². The zero-order valence-corrected chi connectivity index (χ0v) is 14.2. The molecule has 0 aliphatic heterocycles. The quantitative estimate of drug-likeness (QED) is 0.885. The molecule has 2 aromatic rings. The Morgan fingerprint density at radius 1 is 1.38 bits per heavy atom. The highest BCUT2D eigenvalue weighted by atomic mass is 79.9. The number of nitrogens with zero attached hydrogens (tertiary/aromatic N) is 2. The fourth-order valence-corrected chi connectivity index (χ4v) is 3.20. The van der Waals surface area contributed by atoms with E-state index in [1.54, 1.807) is 6.07 Å². The van der Waals surface area contributed by atoms with E-state index in [0.717, 1.165) is 34.4 Å². The molecule has 0 spiro atoms. The molecule has 1 heterocycles. The summed E-state index contributed by atoms with van der Waals surface area (Å²) in [6, 6.07) is 4.68.